The molecule has 2 aliphatic rings. The highest BCUT2D eigenvalue weighted by atomic mass is 32.1. The van der Waals surface area contributed by atoms with Crippen LogP contribution in [0.3, 0.4) is 0 Å². The number of rotatable bonds is 7. The summed E-state index contributed by atoms with van der Waals surface area (Å²) in [7, 11) is 3.34. The zero-order chi connectivity index (χ0) is 24.5. The molecule has 36 heavy (non-hydrogen) atoms. The number of tetrazole rings is 1. The topological polar surface area (TPSA) is 81.4 Å². The molecule has 9 nitrogen and oxygen atoms in total. The van der Waals surface area contributed by atoms with E-state index in [2.05, 4.69) is 60.3 Å². The fourth-order valence-electron chi connectivity index (χ4n) is 5.50. The summed E-state index contributed by atoms with van der Waals surface area (Å²) in [6.07, 6.45) is 4.71. The first-order chi connectivity index (χ1) is 17.7. The van der Waals surface area contributed by atoms with Crippen LogP contribution in [0.4, 0.5) is 5.13 Å². The SMILES string of the molecule is COc1ccc([C@H](c2nnnn2C2CCCC2)N2CCN(c3nc4ccccc4s3)CC2)cc1OC. The predicted molar refractivity (Wildman–Crippen MR) is 140 cm³/mol. The number of thiazole rings is 1. The van der Waals surface area contributed by atoms with E-state index in [-0.39, 0.29) is 6.04 Å². The smallest absolute Gasteiger partial charge is 0.186 e. The van der Waals surface area contributed by atoms with E-state index in [1.807, 2.05) is 12.1 Å². The van der Waals surface area contributed by atoms with Crippen LogP contribution >= 0.6 is 11.3 Å². The van der Waals surface area contributed by atoms with Crippen molar-refractivity contribution in [3.63, 3.8) is 0 Å². The summed E-state index contributed by atoms with van der Waals surface area (Å²) in [4.78, 5) is 9.77. The van der Waals surface area contributed by atoms with Gasteiger partial charge in [-0.3, -0.25) is 4.90 Å². The summed E-state index contributed by atoms with van der Waals surface area (Å²) in [5, 5.41) is 14.3. The molecule has 1 aliphatic heterocycles. The van der Waals surface area contributed by atoms with Crippen molar-refractivity contribution in [3.05, 3.63) is 53.9 Å². The second kappa shape index (κ2) is 10.0. The molecule has 0 unspecified atom stereocenters. The Hall–Kier alpha value is -3.24. The van der Waals surface area contributed by atoms with Crippen LogP contribution in [0.5, 0.6) is 11.5 Å². The van der Waals surface area contributed by atoms with Gasteiger partial charge < -0.3 is 14.4 Å². The van der Waals surface area contributed by atoms with Crippen molar-refractivity contribution in [2.75, 3.05) is 45.3 Å². The molecular formula is C26H31N7O2S. The fourth-order valence-corrected chi connectivity index (χ4v) is 6.52. The van der Waals surface area contributed by atoms with Gasteiger partial charge in [0.2, 0.25) is 0 Å². The Balaban J connectivity index is 1.31. The summed E-state index contributed by atoms with van der Waals surface area (Å²) in [5.41, 5.74) is 2.18. The van der Waals surface area contributed by atoms with Crippen LogP contribution in [0, 0.1) is 0 Å². The first-order valence-corrected chi connectivity index (χ1v) is 13.4. The highest BCUT2D eigenvalue weighted by molar-refractivity contribution is 7.22. The second-order valence-electron chi connectivity index (χ2n) is 9.42. The molecule has 1 saturated heterocycles. The van der Waals surface area contributed by atoms with Gasteiger partial charge in [0.15, 0.2) is 22.5 Å². The minimum absolute atomic E-state index is 0.0714. The molecule has 0 spiro atoms. The lowest BCUT2D eigenvalue weighted by Crippen LogP contribution is -2.48. The summed E-state index contributed by atoms with van der Waals surface area (Å²) < 4.78 is 14.5. The predicted octanol–water partition coefficient (Wildman–Crippen LogP) is 4.33. The molecule has 2 fully saturated rings. The van der Waals surface area contributed by atoms with E-state index in [0.29, 0.717) is 11.8 Å². The normalized spacial score (nSPS) is 18.1. The van der Waals surface area contributed by atoms with Crippen molar-refractivity contribution in [1.29, 1.82) is 0 Å². The van der Waals surface area contributed by atoms with Crippen molar-refractivity contribution in [1.82, 2.24) is 30.1 Å². The lowest BCUT2D eigenvalue weighted by Gasteiger charge is -2.39. The number of fused-ring (bicyclic) bond motifs is 1. The molecule has 10 heteroatoms. The van der Waals surface area contributed by atoms with Crippen molar-refractivity contribution in [2.45, 2.75) is 37.8 Å². The molecule has 6 rings (SSSR count). The van der Waals surface area contributed by atoms with Crippen LogP contribution in [0.25, 0.3) is 10.2 Å². The Morgan fingerprint density at radius 3 is 2.47 bits per heavy atom. The van der Waals surface area contributed by atoms with Crippen LogP contribution in [-0.4, -0.2) is 70.5 Å². The van der Waals surface area contributed by atoms with Gasteiger partial charge in [0.1, 0.15) is 0 Å². The van der Waals surface area contributed by atoms with E-state index in [9.17, 15) is 0 Å². The first kappa shape index (κ1) is 23.2. The standard InChI is InChI=1S/C26H31N7O2S/c1-34-21-12-11-18(17-22(21)35-2)24(25-28-29-30-33(25)19-7-3-4-8-19)31-13-15-32(16-14-31)26-27-20-9-5-6-10-23(20)36-26/h5-6,9-12,17,19,24H,3-4,7-8,13-16H2,1-2H3/t24-/m1/s1. The number of piperazine rings is 1. The van der Waals surface area contributed by atoms with Gasteiger partial charge in [-0.2, -0.15) is 0 Å². The maximum absolute atomic E-state index is 5.65. The Morgan fingerprint density at radius 1 is 0.944 bits per heavy atom. The van der Waals surface area contributed by atoms with Gasteiger partial charge >= 0.3 is 0 Å². The quantitative estimate of drug-likeness (QED) is 0.367. The fraction of sp³-hybridized carbons (Fsp3) is 0.462. The van der Waals surface area contributed by atoms with Crippen LogP contribution in [0.15, 0.2) is 42.5 Å². The molecule has 1 aliphatic carbocycles. The number of anilines is 1. The molecule has 1 saturated carbocycles. The van der Waals surface area contributed by atoms with Gasteiger partial charge in [-0.05, 0) is 53.1 Å². The summed E-state index contributed by atoms with van der Waals surface area (Å²) in [5.74, 6) is 2.34. The van der Waals surface area contributed by atoms with Crippen LogP contribution in [-0.2, 0) is 0 Å². The molecule has 2 aromatic carbocycles. The lowest BCUT2D eigenvalue weighted by atomic mass is 10.0. The molecule has 2 aromatic heterocycles. The van der Waals surface area contributed by atoms with E-state index in [4.69, 9.17) is 14.5 Å². The van der Waals surface area contributed by atoms with Gasteiger partial charge in [0.25, 0.3) is 0 Å². The molecule has 4 aromatic rings. The van der Waals surface area contributed by atoms with Gasteiger partial charge in [0.05, 0.1) is 36.5 Å². The largest absolute Gasteiger partial charge is 0.493 e. The van der Waals surface area contributed by atoms with Crippen LogP contribution < -0.4 is 14.4 Å². The second-order valence-corrected chi connectivity index (χ2v) is 10.4. The Labute approximate surface area is 214 Å². The molecule has 188 valence electrons. The van der Waals surface area contributed by atoms with Gasteiger partial charge in [0, 0.05) is 26.2 Å². The number of para-hydroxylation sites is 1. The third-order valence-corrected chi connectivity index (χ3v) is 8.49. The van der Waals surface area contributed by atoms with Crippen molar-refractivity contribution in [3.8, 4) is 11.5 Å². The average molecular weight is 506 g/mol. The molecular weight excluding hydrogens is 474 g/mol. The zero-order valence-corrected chi connectivity index (χ0v) is 21.5. The molecule has 0 amide bonds. The minimum atomic E-state index is -0.0714. The summed E-state index contributed by atoms with van der Waals surface area (Å²) in [6, 6.07) is 14.8. The number of aromatic nitrogens is 5. The summed E-state index contributed by atoms with van der Waals surface area (Å²) in [6.45, 7) is 3.56. The Bertz CT molecular complexity index is 1290. The third-order valence-electron chi connectivity index (χ3n) is 7.39. The van der Waals surface area contributed by atoms with E-state index in [0.717, 1.165) is 66.8 Å². The molecule has 0 radical (unpaired) electrons. The molecule has 3 heterocycles. The highest BCUT2D eigenvalue weighted by Crippen LogP contribution is 2.38. The highest BCUT2D eigenvalue weighted by Gasteiger charge is 2.34. The molecule has 0 N–H and O–H groups in total. The third kappa shape index (κ3) is 4.28. The maximum atomic E-state index is 5.65. The maximum Gasteiger partial charge on any atom is 0.186 e. The first-order valence-electron chi connectivity index (χ1n) is 12.6. The number of ether oxygens (including phenoxy) is 2. The van der Waals surface area contributed by atoms with E-state index in [1.54, 1.807) is 25.6 Å². The summed E-state index contributed by atoms with van der Waals surface area (Å²) >= 11 is 1.77. The van der Waals surface area contributed by atoms with Crippen LogP contribution in [0.2, 0.25) is 0 Å². The zero-order valence-electron chi connectivity index (χ0n) is 20.7. The van der Waals surface area contributed by atoms with Gasteiger partial charge in [-0.15, -0.1) is 5.10 Å². The van der Waals surface area contributed by atoms with Crippen molar-refractivity contribution in [2.24, 2.45) is 0 Å². The van der Waals surface area contributed by atoms with Gasteiger partial charge in [-0.1, -0.05) is 42.4 Å². The molecule has 1 atom stereocenters. The minimum Gasteiger partial charge on any atom is -0.493 e. The van der Waals surface area contributed by atoms with Crippen LogP contribution in [0.1, 0.15) is 49.2 Å². The Morgan fingerprint density at radius 2 is 1.72 bits per heavy atom. The number of nitrogens with zero attached hydrogens (tertiary/aromatic N) is 7. The van der Waals surface area contributed by atoms with Gasteiger partial charge in [-0.25, -0.2) is 9.67 Å². The molecule has 0 bridgehead atoms. The average Bonchev–Trinajstić information content (AvgIpc) is 3.70. The monoisotopic (exact) mass is 505 g/mol. The lowest BCUT2D eigenvalue weighted by molar-refractivity contribution is 0.197. The Kier molecular flexibility index (Phi) is 6.45. The number of hydrogen-bond acceptors (Lipinski definition) is 9. The van der Waals surface area contributed by atoms with E-state index < -0.39 is 0 Å². The number of hydrogen-bond donors (Lipinski definition) is 0. The van der Waals surface area contributed by atoms with E-state index in [1.165, 1.54) is 17.5 Å². The van der Waals surface area contributed by atoms with Crippen molar-refractivity contribution >= 4 is 26.7 Å². The number of benzene rings is 2. The van der Waals surface area contributed by atoms with E-state index >= 15 is 0 Å². The number of methoxy groups -OCH3 is 2. The van der Waals surface area contributed by atoms with Crippen molar-refractivity contribution < 1.29 is 9.47 Å².